The molecule has 162 valence electrons. The van der Waals surface area contributed by atoms with Crippen LogP contribution in [-0.2, 0) is 11.5 Å². The second kappa shape index (κ2) is 8.78. The average molecular weight is 456 g/mol. The number of alkyl halides is 2. The zero-order valence-electron chi connectivity index (χ0n) is 17.1. The van der Waals surface area contributed by atoms with Crippen LogP contribution in [0.1, 0.15) is 4.88 Å². The first-order valence-corrected chi connectivity index (χ1v) is 13.8. The number of nitro groups is 1. The van der Waals surface area contributed by atoms with Crippen LogP contribution in [0, 0.1) is 17.0 Å². The summed E-state index contributed by atoms with van der Waals surface area (Å²) in [6.07, 6.45) is 1.10. The summed E-state index contributed by atoms with van der Waals surface area (Å²) in [7, 11) is -1.31. The minimum Gasteiger partial charge on any atom is -0.434 e. The fraction of sp³-hybridized carbons (Fsp3) is 0.421. The van der Waals surface area contributed by atoms with Crippen LogP contribution in [0.5, 0.6) is 5.75 Å². The van der Waals surface area contributed by atoms with Crippen molar-refractivity contribution in [2.75, 3.05) is 6.61 Å². The topological polar surface area (TPSA) is 79.4 Å². The lowest BCUT2D eigenvalue weighted by Gasteiger charge is -2.16. The Morgan fingerprint density at radius 2 is 2.03 bits per heavy atom. The van der Waals surface area contributed by atoms with Gasteiger partial charge in [-0.3, -0.25) is 10.1 Å². The van der Waals surface area contributed by atoms with Crippen molar-refractivity contribution in [2.45, 2.75) is 46.0 Å². The third-order valence-corrected chi connectivity index (χ3v) is 7.16. The first-order chi connectivity index (χ1) is 14.0. The Morgan fingerprint density at radius 1 is 1.30 bits per heavy atom. The maximum Gasteiger partial charge on any atom is 0.387 e. The molecule has 0 N–H and O–H groups in total. The number of halogens is 2. The van der Waals surface area contributed by atoms with Crippen molar-refractivity contribution in [3.8, 4) is 17.0 Å². The van der Waals surface area contributed by atoms with E-state index in [9.17, 15) is 18.9 Å². The van der Waals surface area contributed by atoms with Crippen LogP contribution < -0.4 is 4.74 Å². The summed E-state index contributed by atoms with van der Waals surface area (Å²) in [4.78, 5) is 12.0. The van der Waals surface area contributed by atoms with Crippen molar-refractivity contribution in [3.63, 3.8) is 0 Å². The third kappa shape index (κ3) is 5.21. The van der Waals surface area contributed by atoms with Gasteiger partial charge in [0.05, 0.1) is 10.5 Å². The normalized spacial score (nSPS) is 12.1. The molecular formula is C19H23F2N3O4SSi. The molecule has 2 heterocycles. The maximum absolute atomic E-state index is 13.1. The molecule has 0 fully saturated rings. The molecule has 11 heteroatoms. The number of aryl methyl sites for hydroxylation is 1. The van der Waals surface area contributed by atoms with Gasteiger partial charge in [0.15, 0.2) is 5.69 Å². The highest BCUT2D eigenvalue weighted by Crippen LogP contribution is 2.41. The summed E-state index contributed by atoms with van der Waals surface area (Å²) in [5, 5.41) is 16.4. The molecule has 0 bridgehead atoms. The smallest absolute Gasteiger partial charge is 0.387 e. The van der Waals surface area contributed by atoms with Crippen LogP contribution in [0.25, 0.3) is 21.3 Å². The largest absolute Gasteiger partial charge is 0.434 e. The van der Waals surface area contributed by atoms with E-state index < -0.39 is 19.6 Å². The van der Waals surface area contributed by atoms with Crippen molar-refractivity contribution in [1.29, 1.82) is 0 Å². The lowest BCUT2D eigenvalue weighted by Crippen LogP contribution is -2.22. The van der Waals surface area contributed by atoms with E-state index in [0.29, 0.717) is 6.61 Å². The predicted molar refractivity (Wildman–Crippen MR) is 115 cm³/mol. The highest BCUT2D eigenvalue weighted by molar-refractivity contribution is 7.19. The van der Waals surface area contributed by atoms with Crippen LogP contribution >= 0.6 is 11.3 Å². The van der Waals surface area contributed by atoms with Gasteiger partial charge in [0.1, 0.15) is 18.7 Å². The number of hydrogen-bond acceptors (Lipinski definition) is 6. The Labute approximate surface area is 177 Å². The van der Waals surface area contributed by atoms with Gasteiger partial charge in [-0.15, -0.1) is 11.3 Å². The van der Waals surface area contributed by atoms with Crippen LogP contribution in [0.3, 0.4) is 0 Å². The second-order valence-electron chi connectivity index (χ2n) is 8.10. The lowest BCUT2D eigenvalue weighted by molar-refractivity contribution is -0.384. The van der Waals surface area contributed by atoms with E-state index in [0.717, 1.165) is 27.2 Å². The standard InChI is InChI=1S/C19H23F2N3O4SSi/c1-12-7-13-8-16(28-19(20)21)14(9-17(13)29-12)18-15(24(25)26)10-22-23(18)11-27-5-6-30(2,3)4/h7-10,19H,5-6,11H2,1-4H3. The second-order valence-corrected chi connectivity index (χ2v) is 15.0. The van der Waals surface area contributed by atoms with Crippen molar-refractivity contribution < 1.29 is 23.2 Å². The molecule has 7 nitrogen and oxygen atoms in total. The molecule has 0 saturated carbocycles. The number of aromatic nitrogens is 2. The summed E-state index contributed by atoms with van der Waals surface area (Å²) in [6, 6.07) is 5.89. The minimum absolute atomic E-state index is 0.0245. The highest BCUT2D eigenvalue weighted by atomic mass is 32.1. The predicted octanol–water partition coefficient (Wildman–Crippen LogP) is 5.90. The Morgan fingerprint density at radius 3 is 2.67 bits per heavy atom. The molecule has 3 aromatic rings. The van der Waals surface area contributed by atoms with E-state index in [4.69, 9.17) is 9.47 Å². The molecule has 1 aromatic carbocycles. The Kier molecular flexibility index (Phi) is 6.53. The molecule has 0 aliphatic rings. The summed E-state index contributed by atoms with van der Waals surface area (Å²) in [6.45, 7) is 5.95. The number of benzene rings is 1. The van der Waals surface area contributed by atoms with Gasteiger partial charge in [0, 0.05) is 24.3 Å². The molecule has 0 aliphatic heterocycles. The molecule has 0 unspecified atom stereocenters. The number of fused-ring (bicyclic) bond motifs is 1. The molecule has 0 saturated heterocycles. The number of ether oxygens (including phenoxy) is 2. The van der Waals surface area contributed by atoms with Gasteiger partial charge < -0.3 is 9.47 Å². The summed E-state index contributed by atoms with van der Waals surface area (Å²) >= 11 is 1.47. The van der Waals surface area contributed by atoms with E-state index in [1.54, 1.807) is 6.07 Å². The molecule has 3 rings (SSSR count). The van der Waals surface area contributed by atoms with E-state index >= 15 is 0 Å². The molecule has 0 atom stereocenters. The minimum atomic E-state index is -3.07. The SMILES string of the molecule is Cc1cc2cc(OC(F)F)c(-c3c([N+](=O)[O-])cnn3COCC[Si](C)(C)C)cc2s1. The molecule has 0 radical (unpaired) electrons. The van der Waals surface area contributed by atoms with Crippen LogP contribution in [0.4, 0.5) is 14.5 Å². The first kappa shape index (κ1) is 22.3. The highest BCUT2D eigenvalue weighted by Gasteiger charge is 2.27. The molecule has 30 heavy (non-hydrogen) atoms. The van der Waals surface area contributed by atoms with Crippen molar-refractivity contribution in [1.82, 2.24) is 9.78 Å². The molecule has 2 aromatic heterocycles. The Bertz CT molecular complexity index is 1060. The van der Waals surface area contributed by atoms with Crippen LogP contribution in [0.2, 0.25) is 25.7 Å². The number of hydrogen-bond donors (Lipinski definition) is 0. The van der Waals surface area contributed by atoms with Gasteiger partial charge in [0.2, 0.25) is 0 Å². The average Bonchev–Trinajstić information content (AvgIpc) is 3.18. The van der Waals surface area contributed by atoms with Crippen LogP contribution in [0.15, 0.2) is 24.4 Å². The third-order valence-electron chi connectivity index (χ3n) is 4.44. The van der Waals surface area contributed by atoms with Gasteiger partial charge >= 0.3 is 12.3 Å². The fourth-order valence-electron chi connectivity index (χ4n) is 2.99. The van der Waals surface area contributed by atoms with Gasteiger partial charge in [-0.05, 0) is 36.6 Å². The summed E-state index contributed by atoms with van der Waals surface area (Å²) in [5.41, 5.74) is -0.0326. The maximum atomic E-state index is 13.1. The Hall–Kier alpha value is -2.37. The molecule has 0 aliphatic carbocycles. The molecule has 0 spiro atoms. The quantitative estimate of drug-likeness (QED) is 0.174. The summed E-state index contributed by atoms with van der Waals surface area (Å²) < 4.78 is 38.7. The monoisotopic (exact) mass is 455 g/mol. The number of nitrogens with zero attached hydrogens (tertiary/aromatic N) is 3. The Balaban J connectivity index is 2.05. The van der Waals surface area contributed by atoms with Gasteiger partial charge in [0.25, 0.3) is 0 Å². The van der Waals surface area contributed by atoms with Gasteiger partial charge in [-0.2, -0.15) is 13.9 Å². The van der Waals surface area contributed by atoms with E-state index in [1.165, 1.54) is 22.1 Å². The van der Waals surface area contributed by atoms with Gasteiger partial charge in [-0.25, -0.2) is 4.68 Å². The number of rotatable bonds is 9. The van der Waals surface area contributed by atoms with E-state index in [1.807, 2.05) is 13.0 Å². The zero-order chi connectivity index (χ0) is 22.1. The van der Waals surface area contributed by atoms with Gasteiger partial charge in [-0.1, -0.05) is 19.6 Å². The molecular weight excluding hydrogens is 432 g/mol. The van der Waals surface area contributed by atoms with E-state index in [-0.39, 0.29) is 29.4 Å². The van der Waals surface area contributed by atoms with E-state index in [2.05, 4.69) is 24.7 Å². The van der Waals surface area contributed by atoms with Crippen molar-refractivity contribution in [3.05, 3.63) is 39.4 Å². The first-order valence-electron chi connectivity index (χ1n) is 9.32. The van der Waals surface area contributed by atoms with Crippen LogP contribution in [-0.4, -0.2) is 36.0 Å². The molecule has 0 amide bonds. The zero-order valence-corrected chi connectivity index (χ0v) is 19.0. The lowest BCUT2D eigenvalue weighted by atomic mass is 10.1. The van der Waals surface area contributed by atoms with Crippen molar-refractivity contribution in [2.24, 2.45) is 0 Å². The van der Waals surface area contributed by atoms with Crippen molar-refractivity contribution >= 4 is 35.2 Å². The fourth-order valence-corrected chi connectivity index (χ4v) is 4.69. The summed E-state index contributed by atoms with van der Waals surface area (Å²) in [5.74, 6) is -0.137. The number of thiophene rings is 1.